The van der Waals surface area contributed by atoms with Crippen LogP contribution in [0.3, 0.4) is 0 Å². The van der Waals surface area contributed by atoms with Crippen LogP contribution < -0.4 is 5.32 Å². The summed E-state index contributed by atoms with van der Waals surface area (Å²) in [6, 6.07) is 7.20. The minimum absolute atomic E-state index is 0.0263. The third kappa shape index (κ3) is 2.60. The molecule has 1 aromatic heterocycles. The molecular formula is C12H7Cl2FN2O. The predicted octanol–water partition coefficient (Wildman–Crippen LogP) is 3.78. The van der Waals surface area contributed by atoms with Crippen LogP contribution in [-0.2, 0) is 0 Å². The van der Waals surface area contributed by atoms with E-state index in [9.17, 15) is 9.18 Å². The first-order valence-electron chi connectivity index (χ1n) is 4.95. The van der Waals surface area contributed by atoms with E-state index in [1.54, 1.807) is 12.1 Å². The Labute approximate surface area is 113 Å². The Morgan fingerprint density at radius 1 is 1.22 bits per heavy atom. The second kappa shape index (κ2) is 5.33. The van der Waals surface area contributed by atoms with Crippen molar-refractivity contribution in [1.29, 1.82) is 0 Å². The molecule has 1 amide bonds. The number of pyridine rings is 1. The summed E-state index contributed by atoms with van der Waals surface area (Å²) < 4.78 is 13.2. The number of benzene rings is 1. The third-order valence-corrected chi connectivity index (χ3v) is 2.88. The Morgan fingerprint density at radius 3 is 2.72 bits per heavy atom. The number of carbonyl (C=O) groups is 1. The fourth-order valence-electron chi connectivity index (χ4n) is 1.33. The largest absolute Gasteiger partial charge is 0.305 e. The van der Waals surface area contributed by atoms with Crippen molar-refractivity contribution in [3.05, 3.63) is 58.0 Å². The van der Waals surface area contributed by atoms with E-state index in [1.807, 2.05) is 0 Å². The molecule has 2 aromatic rings. The molecule has 0 aliphatic heterocycles. The number of anilines is 1. The smallest absolute Gasteiger partial charge is 0.258 e. The Bertz CT molecular complexity index is 604. The highest BCUT2D eigenvalue weighted by atomic mass is 35.5. The second-order valence-electron chi connectivity index (χ2n) is 3.39. The number of hydrogen-bond donors (Lipinski definition) is 1. The zero-order chi connectivity index (χ0) is 13.1. The molecule has 92 valence electrons. The van der Waals surface area contributed by atoms with E-state index in [4.69, 9.17) is 23.2 Å². The second-order valence-corrected chi connectivity index (χ2v) is 4.17. The van der Waals surface area contributed by atoms with Gasteiger partial charge in [-0.25, -0.2) is 9.37 Å². The standard InChI is InChI=1S/C12H7Cl2FN2O/c13-8-4-2-6-16-11(8)17-12(18)7-3-1-5-9(15)10(7)14/h1-6H,(H,16,17,18). The van der Waals surface area contributed by atoms with Gasteiger partial charge in [-0.3, -0.25) is 4.79 Å². The van der Waals surface area contributed by atoms with Gasteiger partial charge in [-0.1, -0.05) is 29.3 Å². The van der Waals surface area contributed by atoms with Gasteiger partial charge in [-0.15, -0.1) is 0 Å². The highest BCUT2D eigenvalue weighted by Gasteiger charge is 2.14. The lowest BCUT2D eigenvalue weighted by molar-refractivity contribution is 0.102. The van der Waals surface area contributed by atoms with E-state index < -0.39 is 11.7 Å². The van der Waals surface area contributed by atoms with Gasteiger partial charge in [-0.2, -0.15) is 0 Å². The topological polar surface area (TPSA) is 42.0 Å². The van der Waals surface area contributed by atoms with Crippen molar-refractivity contribution in [2.24, 2.45) is 0 Å². The first-order chi connectivity index (χ1) is 8.59. The van der Waals surface area contributed by atoms with E-state index in [0.717, 1.165) is 0 Å². The summed E-state index contributed by atoms with van der Waals surface area (Å²) in [7, 11) is 0. The van der Waals surface area contributed by atoms with E-state index in [0.29, 0.717) is 5.02 Å². The third-order valence-electron chi connectivity index (χ3n) is 2.19. The first kappa shape index (κ1) is 12.8. The molecule has 1 N–H and O–H groups in total. The Morgan fingerprint density at radius 2 is 2.00 bits per heavy atom. The molecule has 0 atom stereocenters. The van der Waals surface area contributed by atoms with Gasteiger partial charge in [-0.05, 0) is 24.3 Å². The van der Waals surface area contributed by atoms with Gasteiger partial charge in [0, 0.05) is 6.20 Å². The lowest BCUT2D eigenvalue weighted by Gasteiger charge is -2.07. The number of hydrogen-bond acceptors (Lipinski definition) is 2. The molecule has 0 spiro atoms. The summed E-state index contributed by atoms with van der Waals surface area (Å²) in [5.74, 6) is -1.03. The molecule has 0 bridgehead atoms. The normalized spacial score (nSPS) is 10.2. The van der Waals surface area contributed by atoms with Crippen LogP contribution in [0, 0.1) is 5.82 Å². The molecule has 0 saturated heterocycles. The van der Waals surface area contributed by atoms with Gasteiger partial charge in [0.15, 0.2) is 5.82 Å². The molecule has 0 aliphatic rings. The number of halogens is 3. The van der Waals surface area contributed by atoms with Crippen molar-refractivity contribution in [3.8, 4) is 0 Å². The summed E-state index contributed by atoms with van der Waals surface area (Å²) in [6.07, 6.45) is 1.48. The van der Waals surface area contributed by atoms with Crippen molar-refractivity contribution in [2.75, 3.05) is 5.32 Å². The van der Waals surface area contributed by atoms with Crippen LogP contribution in [0.25, 0.3) is 0 Å². The SMILES string of the molecule is O=C(Nc1ncccc1Cl)c1cccc(F)c1Cl. The number of carbonyl (C=O) groups excluding carboxylic acids is 1. The molecular weight excluding hydrogens is 278 g/mol. The van der Waals surface area contributed by atoms with Gasteiger partial charge < -0.3 is 5.32 Å². The number of nitrogens with zero attached hydrogens (tertiary/aromatic N) is 1. The number of aromatic nitrogens is 1. The molecule has 0 unspecified atom stereocenters. The minimum atomic E-state index is -0.656. The van der Waals surface area contributed by atoms with Crippen LogP contribution in [0.15, 0.2) is 36.5 Å². The van der Waals surface area contributed by atoms with Crippen molar-refractivity contribution in [2.45, 2.75) is 0 Å². The van der Waals surface area contributed by atoms with Crippen molar-refractivity contribution in [3.63, 3.8) is 0 Å². The molecule has 0 aliphatic carbocycles. The Hall–Kier alpha value is -1.65. The first-order valence-corrected chi connectivity index (χ1v) is 5.71. The van der Waals surface area contributed by atoms with Crippen LogP contribution in [-0.4, -0.2) is 10.9 Å². The molecule has 0 radical (unpaired) electrons. The molecule has 6 heteroatoms. The summed E-state index contributed by atoms with van der Waals surface area (Å²) in [5, 5.41) is 2.52. The average Bonchev–Trinajstić information content (AvgIpc) is 2.35. The van der Waals surface area contributed by atoms with Gasteiger partial charge in [0.2, 0.25) is 0 Å². The van der Waals surface area contributed by atoms with Crippen molar-refractivity contribution >= 4 is 34.9 Å². The predicted molar refractivity (Wildman–Crippen MR) is 68.6 cm³/mol. The Balaban J connectivity index is 2.28. The van der Waals surface area contributed by atoms with Crippen LogP contribution >= 0.6 is 23.2 Å². The molecule has 0 fully saturated rings. The lowest BCUT2D eigenvalue weighted by atomic mass is 10.2. The fraction of sp³-hybridized carbons (Fsp3) is 0. The zero-order valence-electron chi connectivity index (χ0n) is 8.95. The van der Waals surface area contributed by atoms with E-state index in [1.165, 1.54) is 24.4 Å². The number of amides is 1. The van der Waals surface area contributed by atoms with E-state index in [-0.39, 0.29) is 16.4 Å². The zero-order valence-corrected chi connectivity index (χ0v) is 10.5. The van der Waals surface area contributed by atoms with E-state index in [2.05, 4.69) is 10.3 Å². The summed E-state index contributed by atoms with van der Waals surface area (Å²) in [6.45, 7) is 0. The number of rotatable bonds is 2. The summed E-state index contributed by atoms with van der Waals surface area (Å²) >= 11 is 11.5. The maximum atomic E-state index is 13.2. The summed E-state index contributed by atoms with van der Waals surface area (Å²) in [5.41, 5.74) is 0.0263. The van der Waals surface area contributed by atoms with Crippen molar-refractivity contribution in [1.82, 2.24) is 4.98 Å². The molecule has 1 aromatic carbocycles. The van der Waals surface area contributed by atoms with Crippen LogP contribution in [0.1, 0.15) is 10.4 Å². The van der Waals surface area contributed by atoms with Gasteiger partial charge >= 0.3 is 0 Å². The van der Waals surface area contributed by atoms with Gasteiger partial charge in [0.1, 0.15) is 5.82 Å². The maximum Gasteiger partial charge on any atom is 0.258 e. The minimum Gasteiger partial charge on any atom is -0.305 e. The van der Waals surface area contributed by atoms with Crippen molar-refractivity contribution < 1.29 is 9.18 Å². The van der Waals surface area contributed by atoms with Crippen LogP contribution in [0.2, 0.25) is 10.0 Å². The quantitative estimate of drug-likeness (QED) is 0.912. The summed E-state index contributed by atoms with van der Waals surface area (Å²) in [4.78, 5) is 15.8. The molecule has 1 heterocycles. The molecule has 18 heavy (non-hydrogen) atoms. The number of nitrogens with one attached hydrogen (secondary N) is 1. The Kier molecular flexibility index (Phi) is 3.79. The van der Waals surface area contributed by atoms with Gasteiger partial charge in [0.05, 0.1) is 15.6 Å². The highest BCUT2D eigenvalue weighted by Crippen LogP contribution is 2.22. The maximum absolute atomic E-state index is 13.2. The lowest BCUT2D eigenvalue weighted by Crippen LogP contribution is -2.14. The molecule has 2 rings (SSSR count). The van der Waals surface area contributed by atoms with Gasteiger partial charge in [0.25, 0.3) is 5.91 Å². The molecule has 0 saturated carbocycles. The average molecular weight is 285 g/mol. The highest BCUT2D eigenvalue weighted by molar-refractivity contribution is 6.35. The van der Waals surface area contributed by atoms with E-state index >= 15 is 0 Å². The fourth-order valence-corrected chi connectivity index (χ4v) is 1.71. The van der Waals surface area contributed by atoms with Crippen LogP contribution in [0.5, 0.6) is 0 Å². The van der Waals surface area contributed by atoms with Crippen LogP contribution in [0.4, 0.5) is 10.2 Å². The monoisotopic (exact) mass is 284 g/mol. The molecule has 3 nitrogen and oxygen atoms in total.